The van der Waals surface area contributed by atoms with Gasteiger partial charge >= 0.3 is 12.1 Å². The second-order valence-electron chi connectivity index (χ2n) is 5.50. The highest BCUT2D eigenvalue weighted by Gasteiger charge is 2.32. The first-order valence-corrected chi connectivity index (χ1v) is 9.99. The number of hydrogen-bond donors (Lipinski definition) is 2. The van der Waals surface area contributed by atoms with Gasteiger partial charge in [-0.25, -0.2) is 13.4 Å². The van der Waals surface area contributed by atoms with Crippen molar-refractivity contribution in [2.24, 2.45) is 4.99 Å². The van der Waals surface area contributed by atoms with Crippen LogP contribution in [0.25, 0.3) is 0 Å². The van der Waals surface area contributed by atoms with Gasteiger partial charge in [0.2, 0.25) is 0 Å². The Labute approximate surface area is 172 Å². The number of hydroxylamine groups is 1. The first-order valence-electron chi connectivity index (χ1n) is 7.34. The summed E-state index contributed by atoms with van der Waals surface area (Å²) < 4.78 is 62.8. The Morgan fingerprint density at radius 2 is 1.86 bits per heavy atom. The molecule has 2 rings (SSSR count). The van der Waals surface area contributed by atoms with Gasteiger partial charge in [0.05, 0.1) is 21.8 Å². The molecule has 0 unspecified atom stereocenters. The van der Waals surface area contributed by atoms with Gasteiger partial charge in [-0.15, -0.1) is 0 Å². The number of nitrogens with two attached hydrogens (primary N) is 1. The van der Waals surface area contributed by atoms with Crippen LogP contribution in [0.15, 0.2) is 28.2 Å². The molecule has 0 amide bonds. The maximum atomic E-state index is 12.9. The number of carbonyl (C=O) groups is 1. The van der Waals surface area contributed by atoms with E-state index in [-0.39, 0.29) is 10.6 Å². The number of anilines is 1. The Balaban J connectivity index is 2.64. The smallest absolute Gasteiger partial charge is 0.382 e. The van der Waals surface area contributed by atoms with Crippen LogP contribution in [-0.4, -0.2) is 36.4 Å². The summed E-state index contributed by atoms with van der Waals surface area (Å²) in [7, 11) is -3.76. The van der Waals surface area contributed by atoms with Gasteiger partial charge in [-0.2, -0.15) is 28.4 Å². The fraction of sp³-hybridized carbons (Fsp3) is 0.214. The van der Waals surface area contributed by atoms with E-state index in [0.717, 1.165) is 24.1 Å². The molecule has 0 atom stereocenters. The van der Waals surface area contributed by atoms with Crippen LogP contribution in [0.4, 0.5) is 24.7 Å². The first-order chi connectivity index (χ1) is 13.2. The van der Waals surface area contributed by atoms with Crippen LogP contribution in [0.3, 0.4) is 0 Å². The number of aliphatic imine (C=N–C) groups is 1. The van der Waals surface area contributed by atoms with Crippen molar-refractivity contribution < 1.29 is 31.2 Å². The van der Waals surface area contributed by atoms with Crippen LogP contribution in [0.5, 0.6) is 0 Å². The summed E-state index contributed by atoms with van der Waals surface area (Å²) in [4.78, 5) is 19.2. The molecule has 0 bridgehead atoms. The number of nitrogen functional groups attached to an aromatic ring is 1. The van der Waals surface area contributed by atoms with Gasteiger partial charge in [0.15, 0.2) is 9.84 Å². The quantitative estimate of drug-likeness (QED) is 0.389. The molecular weight excluding hydrogens is 462 g/mol. The molecule has 15 heteroatoms. The maximum absolute atomic E-state index is 12.9. The summed E-state index contributed by atoms with van der Waals surface area (Å²) in [6, 6.07) is 1.17. The molecule has 0 fully saturated rings. The summed E-state index contributed by atoms with van der Waals surface area (Å²) in [6.07, 6.45) is -2.92. The van der Waals surface area contributed by atoms with Gasteiger partial charge in [0.25, 0.3) is 5.96 Å². The molecule has 1 aromatic heterocycles. The Morgan fingerprint density at radius 3 is 2.28 bits per heavy atom. The van der Waals surface area contributed by atoms with Crippen molar-refractivity contribution in [1.29, 1.82) is 0 Å². The van der Waals surface area contributed by atoms with Crippen molar-refractivity contribution in [2.45, 2.75) is 18.0 Å². The monoisotopic (exact) mass is 473 g/mol. The summed E-state index contributed by atoms with van der Waals surface area (Å²) in [5.74, 6) is -1.72. The predicted molar refractivity (Wildman–Crippen MR) is 98.6 cm³/mol. The molecule has 2 aromatic rings. The normalized spacial score (nSPS) is 12.7. The number of benzene rings is 1. The minimum absolute atomic E-state index is 0.341. The highest BCUT2D eigenvalue weighted by molar-refractivity contribution is 7.90. The van der Waals surface area contributed by atoms with Crippen LogP contribution in [0.1, 0.15) is 12.5 Å². The van der Waals surface area contributed by atoms with Crippen molar-refractivity contribution >= 4 is 56.5 Å². The average molecular weight is 474 g/mol. The molecule has 0 aliphatic carbocycles. The molecule has 0 spiro atoms. The summed E-state index contributed by atoms with van der Waals surface area (Å²) in [6.45, 7) is 1.04. The molecule has 0 saturated carbocycles. The minimum Gasteiger partial charge on any atom is -0.382 e. The summed E-state index contributed by atoms with van der Waals surface area (Å²) >= 11 is 11.7. The van der Waals surface area contributed by atoms with E-state index in [2.05, 4.69) is 20.4 Å². The molecule has 0 radical (unpaired) electrons. The fourth-order valence-corrected chi connectivity index (χ4v) is 3.25. The predicted octanol–water partition coefficient (Wildman–Crippen LogP) is 2.80. The highest BCUT2D eigenvalue weighted by atomic mass is 35.5. The molecule has 158 valence electrons. The SMILES string of the molecule is CC(=O)ONC(=Nc1c(Cl)cc(C(F)(F)F)cc1Cl)n1ncc(S(C)(=O)=O)c1N. The third-order valence-electron chi connectivity index (χ3n) is 3.22. The fourth-order valence-electron chi connectivity index (χ4n) is 1.97. The number of nitrogens with one attached hydrogen (secondary N) is 1. The third-order valence-corrected chi connectivity index (χ3v) is 4.91. The average Bonchev–Trinajstić information content (AvgIpc) is 2.94. The number of alkyl halides is 3. The molecule has 1 aromatic carbocycles. The maximum Gasteiger partial charge on any atom is 0.416 e. The van der Waals surface area contributed by atoms with Crippen LogP contribution in [-0.2, 0) is 25.6 Å². The number of hydrogen-bond acceptors (Lipinski definition) is 7. The van der Waals surface area contributed by atoms with Crippen molar-refractivity contribution in [2.75, 3.05) is 12.0 Å². The minimum atomic E-state index is -4.70. The van der Waals surface area contributed by atoms with Crippen molar-refractivity contribution in [3.8, 4) is 0 Å². The Morgan fingerprint density at radius 1 is 1.31 bits per heavy atom. The number of aromatic nitrogens is 2. The van der Waals surface area contributed by atoms with Gasteiger partial charge in [0.1, 0.15) is 16.4 Å². The lowest BCUT2D eigenvalue weighted by molar-refractivity contribution is -0.145. The van der Waals surface area contributed by atoms with E-state index < -0.39 is 49.4 Å². The van der Waals surface area contributed by atoms with Crippen molar-refractivity contribution in [1.82, 2.24) is 15.3 Å². The molecule has 0 saturated heterocycles. The molecular formula is C14H12Cl2F3N5O4S. The van der Waals surface area contributed by atoms with Crippen molar-refractivity contribution in [3.63, 3.8) is 0 Å². The van der Waals surface area contributed by atoms with E-state index in [1.165, 1.54) is 0 Å². The zero-order chi connectivity index (χ0) is 22.1. The zero-order valence-corrected chi connectivity index (χ0v) is 16.9. The Bertz CT molecular complexity index is 1080. The lowest BCUT2D eigenvalue weighted by atomic mass is 10.2. The zero-order valence-electron chi connectivity index (χ0n) is 14.6. The lowest BCUT2D eigenvalue weighted by Gasteiger charge is -2.13. The molecule has 0 aliphatic rings. The largest absolute Gasteiger partial charge is 0.416 e. The number of nitrogens with zero attached hydrogens (tertiary/aromatic N) is 3. The van der Waals surface area contributed by atoms with Gasteiger partial charge in [-0.05, 0) is 12.1 Å². The van der Waals surface area contributed by atoms with Gasteiger partial charge < -0.3 is 10.6 Å². The second-order valence-corrected chi connectivity index (χ2v) is 8.29. The van der Waals surface area contributed by atoms with E-state index >= 15 is 0 Å². The molecule has 0 aliphatic heterocycles. The molecule has 29 heavy (non-hydrogen) atoms. The van der Waals surface area contributed by atoms with Crippen LogP contribution in [0, 0.1) is 0 Å². The van der Waals surface area contributed by atoms with E-state index in [1.807, 2.05) is 0 Å². The topological polar surface area (TPSA) is 129 Å². The Hall–Kier alpha value is -2.51. The lowest BCUT2D eigenvalue weighted by Crippen LogP contribution is -2.33. The number of sulfone groups is 1. The van der Waals surface area contributed by atoms with Gasteiger partial charge in [0, 0.05) is 13.2 Å². The number of carbonyl (C=O) groups excluding carboxylic acids is 1. The Kier molecular flexibility index (Phi) is 6.35. The van der Waals surface area contributed by atoms with E-state index in [0.29, 0.717) is 12.1 Å². The van der Waals surface area contributed by atoms with E-state index in [9.17, 15) is 26.4 Å². The van der Waals surface area contributed by atoms with Crippen LogP contribution >= 0.6 is 23.2 Å². The summed E-state index contributed by atoms with van der Waals surface area (Å²) in [5.41, 5.74) is 6.38. The highest BCUT2D eigenvalue weighted by Crippen LogP contribution is 2.40. The molecule has 1 heterocycles. The standard InChI is InChI=1S/C14H12Cl2F3N5O4S/c1-6(25)28-23-13(24-12(20)10(5-21-24)29(2,26)27)22-11-8(15)3-7(4-9(11)16)14(17,18)19/h3-5H,20H2,1-2H3,(H,22,23). The van der Waals surface area contributed by atoms with Gasteiger partial charge in [-0.1, -0.05) is 23.2 Å². The summed E-state index contributed by atoms with van der Waals surface area (Å²) in [5, 5.41) is 2.76. The molecule has 3 N–H and O–H groups in total. The number of rotatable bonds is 2. The van der Waals surface area contributed by atoms with Crippen LogP contribution in [0.2, 0.25) is 10.0 Å². The van der Waals surface area contributed by atoms with Crippen LogP contribution < -0.4 is 11.2 Å². The number of halogens is 5. The van der Waals surface area contributed by atoms with E-state index in [4.69, 9.17) is 28.9 Å². The van der Waals surface area contributed by atoms with E-state index in [1.54, 1.807) is 0 Å². The van der Waals surface area contributed by atoms with Gasteiger partial charge in [-0.3, -0.25) is 4.79 Å². The van der Waals surface area contributed by atoms with Crippen molar-refractivity contribution in [3.05, 3.63) is 33.9 Å². The first kappa shape index (κ1) is 22.8. The third kappa shape index (κ3) is 5.31. The molecule has 9 nitrogen and oxygen atoms in total. The second kappa shape index (κ2) is 8.08.